The molecule has 340 valence electrons. The van der Waals surface area contributed by atoms with Crippen LogP contribution in [0, 0.1) is 23.7 Å². The minimum Gasteiger partial charge on any atom is -0.459 e. The Morgan fingerprint density at radius 2 is 1.61 bits per heavy atom. The topological polar surface area (TPSA) is 197 Å². The third-order valence-corrected chi connectivity index (χ3v) is 13.8. The van der Waals surface area contributed by atoms with Crippen molar-refractivity contribution < 1.29 is 67.5 Å². The number of fused-ring (bicyclic) bond motifs is 6. The third kappa shape index (κ3) is 10.4. The smallest absolute Gasteiger partial charge is 0.311 e. The number of aliphatic hydroxyl groups excluding tert-OH is 2. The summed E-state index contributed by atoms with van der Waals surface area (Å²) in [6, 6.07) is -0.288. The van der Waals surface area contributed by atoms with Gasteiger partial charge in [-0.05, 0) is 80.8 Å². The molecule has 16 nitrogen and oxygen atoms in total. The fourth-order valence-electron chi connectivity index (χ4n) is 10.2. The van der Waals surface area contributed by atoms with Crippen molar-refractivity contribution in [3.63, 3.8) is 0 Å². The van der Waals surface area contributed by atoms with E-state index < -0.39 is 108 Å². The Hall–Kier alpha value is -1.67. The predicted molar refractivity (Wildman–Crippen MR) is 215 cm³/mol. The number of epoxide rings is 1. The number of ether oxygens (including phenoxy) is 9. The molecule has 5 heterocycles. The average Bonchev–Trinajstić information content (AvgIpc) is 3.92. The van der Waals surface area contributed by atoms with Gasteiger partial charge in [0.05, 0.1) is 60.9 Å². The van der Waals surface area contributed by atoms with Crippen LogP contribution in [0.1, 0.15) is 102 Å². The molecule has 59 heavy (non-hydrogen) atoms. The molecule has 0 aromatic carbocycles. The fraction of sp³-hybridized carbons (Fsp3) is 0.930. The number of amides is 1. The number of rotatable bonds is 7. The maximum Gasteiger partial charge on any atom is 0.311 e. The number of methoxy groups -OCH3 is 1. The summed E-state index contributed by atoms with van der Waals surface area (Å²) in [5.41, 5.74) is -3.54. The summed E-state index contributed by atoms with van der Waals surface area (Å²) in [7, 11) is 5.33. The Balaban J connectivity index is 1.72. The van der Waals surface area contributed by atoms with E-state index in [1.54, 1.807) is 27.7 Å². The van der Waals surface area contributed by atoms with Gasteiger partial charge >= 0.3 is 5.97 Å². The van der Waals surface area contributed by atoms with Crippen molar-refractivity contribution in [1.82, 2.24) is 4.90 Å². The Kier molecular flexibility index (Phi) is 15.6. The zero-order valence-electron chi connectivity index (χ0n) is 37.8. The quantitative estimate of drug-likeness (QED) is 0.250. The van der Waals surface area contributed by atoms with Crippen LogP contribution in [-0.2, 0) is 52.2 Å². The minimum atomic E-state index is -1.75. The van der Waals surface area contributed by atoms with Crippen molar-refractivity contribution in [2.24, 2.45) is 28.7 Å². The number of aliphatic imine (C=N–C) groups is 1. The first-order valence-electron chi connectivity index (χ1n) is 21.6. The average molecular weight is 843 g/mol. The second-order valence-electron chi connectivity index (χ2n) is 18.9. The number of nitrogens with zero attached hydrogens (tertiary/aromatic N) is 2. The highest BCUT2D eigenvalue weighted by atomic mass is 16.7. The largest absolute Gasteiger partial charge is 0.459 e. The fourth-order valence-corrected chi connectivity index (χ4v) is 10.2. The molecule has 2 bridgehead atoms. The Morgan fingerprint density at radius 3 is 2.22 bits per heavy atom. The molecule has 5 fully saturated rings. The molecule has 0 aliphatic carbocycles. The van der Waals surface area contributed by atoms with E-state index in [4.69, 9.17) is 42.6 Å². The Bertz CT molecular complexity index is 1480. The number of carbonyl (C=O) groups is 2. The maximum absolute atomic E-state index is 14.6. The molecule has 16 heteroatoms. The molecular formula is C43H74N2O14. The summed E-state index contributed by atoms with van der Waals surface area (Å²) < 4.78 is 58.3. The zero-order valence-corrected chi connectivity index (χ0v) is 37.8. The summed E-state index contributed by atoms with van der Waals surface area (Å²) in [6.07, 6.45) is -8.45. The normalized spacial score (nSPS) is 49.8. The highest BCUT2D eigenvalue weighted by Gasteiger charge is 2.56. The lowest BCUT2D eigenvalue weighted by atomic mass is 9.73. The highest BCUT2D eigenvalue weighted by molar-refractivity contribution is 5.97. The van der Waals surface area contributed by atoms with Crippen molar-refractivity contribution in [1.29, 1.82) is 0 Å². The summed E-state index contributed by atoms with van der Waals surface area (Å²) in [5, 5.41) is 35.5. The van der Waals surface area contributed by atoms with E-state index in [1.165, 1.54) is 14.0 Å². The van der Waals surface area contributed by atoms with Crippen molar-refractivity contribution in [3.8, 4) is 0 Å². The van der Waals surface area contributed by atoms with Gasteiger partial charge in [0.1, 0.15) is 36.1 Å². The summed E-state index contributed by atoms with van der Waals surface area (Å²) >= 11 is 0. The number of aliphatic hydroxyl groups is 3. The summed E-state index contributed by atoms with van der Waals surface area (Å²) in [6.45, 7) is 19.9. The molecule has 20 atom stereocenters. The third-order valence-electron chi connectivity index (χ3n) is 13.8. The van der Waals surface area contributed by atoms with Crippen molar-refractivity contribution in [2.45, 2.75) is 198 Å². The molecule has 5 aliphatic rings. The van der Waals surface area contributed by atoms with Gasteiger partial charge < -0.3 is 62.9 Å². The van der Waals surface area contributed by atoms with Crippen LogP contribution in [0.5, 0.6) is 0 Å². The standard InChI is InChI=1S/C43H74N2O14/c1-15-31-43(11,50)38-23(4)33(44-27(8)46)21(2)17-42(10,53-20-30-29(56-30)19-52-38)37(59-40-34(47)28(45(12)13)16-22(3)54-40)24(5)35(25(6)39(49)57-31)58-32-18-41(9,51-14)36(48)26(7)55-32/h21-26,28-32,34-38,40,47-48,50H,15-20H2,1-14H3/t21-,22-,23+,24-,25-,26+,28+,29?,30?,31-,32+,34-,35+,36+,37-,38-,40+,41-,42+,43-/m1/s1. The van der Waals surface area contributed by atoms with Gasteiger partial charge in [0.25, 0.3) is 0 Å². The molecule has 0 radical (unpaired) electrons. The van der Waals surface area contributed by atoms with Crippen LogP contribution in [0.25, 0.3) is 0 Å². The van der Waals surface area contributed by atoms with Gasteiger partial charge in [-0.25, -0.2) is 4.99 Å². The number of hydrogen-bond donors (Lipinski definition) is 3. The lowest BCUT2D eigenvalue weighted by Gasteiger charge is -2.50. The van der Waals surface area contributed by atoms with Gasteiger partial charge in [-0.15, -0.1) is 0 Å². The first-order valence-corrected chi connectivity index (χ1v) is 21.6. The zero-order chi connectivity index (χ0) is 43.9. The number of esters is 1. The monoisotopic (exact) mass is 843 g/mol. The number of likely N-dealkylation sites (N-methyl/N-ethyl adjacent to an activating group) is 1. The molecule has 0 aromatic rings. The summed E-state index contributed by atoms with van der Waals surface area (Å²) in [4.78, 5) is 34.0. The van der Waals surface area contributed by atoms with E-state index in [1.807, 2.05) is 60.5 Å². The van der Waals surface area contributed by atoms with E-state index in [2.05, 4.69) is 4.99 Å². The molecule has 0 aromatic heterocycles. The van der Waals surface area contributed by atoms with Crippen LogP contribution < -0.4 is 0 Å². The number of hydrogen-bond acceptors (Lipinski definition) is 15. The Labute approximate surface area is 350 Å². The number of cyclic esters (lactones) is 1. The molecule has 5 aliphatic heterocycles. The van der Waals surface area contributed by atoms with Gasteiger partial charge in [-0.1, -0.05) is 27.7 Å². The van der Waals surface area contributed by atoms with E-state index in [9.17, 15) is 24.9 Å². The van der Waals surface area contributed by atoms with Gasteiger partial charge in [0.2, 0.25) is 5.91 Å². The van der Waals surface area contributed by atoms with Crippen molar-refractivity contribution in [3.05, 3.63) is 0 Å². The SMILES string of the molecule is CC[C@H]1OC(=O)[C@H](C)[C@@H](O[C@H]2C[C@@](C)(OC)[C@@H](O)[C@H](C)O2)[C@@H](C)[C@@H](O[C@@H]2O[C@H](C)C[C@H](N(C)C)[C@H]2O)[C@]2(C)C[C@@H](C)C(=NC(C)=O)[C@H](C)[C@@H](OCC3OC3CO2)[C@]1(C)O. The van der Waals surface area contributed by atoms with Gasteiger partial charge in [-0.3, -0.25) is 9.59 Å². The molecule has 2 unspecified atom stereocenters. The molecule has 1 amide bonds. The molecule has 3 N–H and O–H groups in total. The van der Waals surface area contributed by atoms with Gasteiger partial charge in [0, 0.05) is 44.0 Å². The molecule has 5 rings (SSSR count). The summed E-state index contributed by atoms with van der Waals surface area (Å²) in [5.74, 6) is -3.84. The lowest BCUT2D eigenvalue weighted by Crippen LogP contribution is -2.62. The van der Waals surface area contributed by atoms with E-state index >= 15 is 0 Å². The first-order chi connectivity index (χ1) is 27.5. The van der Waals surface area contributed by atoms with Crippen LogP contribution >= 0.6 is 0 Å². The maximum atomic E-state index is 14.6. The molecule has 0 spiro atoms. The second-order valence-corrected chi connectivity index (χ2v) is 18.9. The van der Waals surface area contributed by atoms with Crippen LogP contribution in [-0.4, -0.2) is 169 Å². The molecule has 0 saturated carbocycles. The van der Waals surface area contributed by atoms with E-state index in [0.717, 1.165) is 0 Å². The molecular weight excluding hydrogens is 768 g/mol. The van der Waals surface area contributed by atoms with Crippen LogP contribution in [0.3, 0.4) is 0 Å². The van der Waals surface area contributed by atoms with Crippen molar-refractivity contribution in [2.75, 3.05) is 34.4 Å². The van der Waals surface area contributed by atoms with Gasteiger partial charge in [0.15, 0.2) is 12.6 Å². The lowest BCUT2D eigenvalue weighted by molar-refractivity contribution is -0.320. The van der Waals surface area contributed by atoms with Crippen LogP contribution in [0.15, 0.2) is 4.99 Å². The predicted octanol–water partition coefficient (Wildman–Crippen LogP) is 3.03. The highest BCUT2D eigenvalue weighted by Crippen LogP contribution is 2.44. The number of carbonyl (C=O) groups excluding carboxylic acids is 2. The van der Waals surface area contributed by atoms with E-state index in [-0.39, 0.29) is 56.8 Å². The Morgan fingerprint density at radius 1 is 0.949 bits per heavy atom. The van der Waals surface area contributed by atoms with Crippen molar-refractivity contribution >= 4 is 17.6 Å². The molecule has 5 saturated heterocycles. The minimum absolute atomic E-state index is 0.117. The van der Waals surface area contributed by atoms with Gasteiger partial charge in [-0.2, -0.15) is 0 Å². The van der Waals surface area contributed by atoms with Crippen LogP contribution in [0.2, 0.25) is 0 Å². The van der Waals surface area contributed by atoms with E-state index in [0.29, 0.717) is 12.1 Å². The first kappa shape index (κ1) is 48.4. The van der Waals surface area contributed by atoms with Crippen LogP contribution in [0.4, 0.5) is 0 Å². The second kappa shape index (κ2) is 19.0.